The van der Waals surface area contributed by atoms with Gasteiger partial charge in [-0.1, -0.05) is 6.07 Å². The molecule has 0 atom stereocenters. The molecular weight excluding hydrogens is 631 g/mol. The minimum Gasteiger partial charge on any atom is -0.378 e. The Balaban J connectivity index is 1.16. The molecule has 0 unspecified atom stereocenters. The first-order chi connectivity index (χ1) is 21.5. The number of thiophene rings is 1. The van der Waals surface area contributed by atoms with E-state index in [0.717, 1.165) is 69.1 Å². The third kappa shape index (κ3) is 5.31. The Hall–Kier alpha value is -3.11. The van der Waals surface area contributed by atoms with E-state index in [4.69, 9.17) is 9.47 Å². The SMILES string of the molecule is O=C1c2sc(-c3nc(Nc4cc5c(cc4C4CC4)CN(C4COC4)CC5)ncc3C(F)(F)F)cc2S(=O)(=O)CCN1C1COC1. The van der Waals surface area contributed by atoms with Crippen LogP contribution in [0.25, 0.3) is 10.6 Å². The number of carbonyl (C=O) groups is 1. The van der Waals surface area contributed by atoms with Crippen molar-refractivity contribution in [3.8, 4) is 10.6 Å². The first kappa shape index (κ1) is 29.3. The molecule has 1 amide bonds. The van der Waals surface area contributed by atoms with Gasteiger partial charge in [-0.3, -0.25) is 9.69 Å². The maximum absolute atomic E-state index is 14.3. The smallest absolute Gasteiger partial charge is 0.378 e. The van der Waals surface area contributed by atoms with Gasteiger partial charge in [0.05, 0.1) is 59.7 Å². The lowest BCUT2D eigenvalue weighted by molar-refractivity contribution is -0.137. The third-order valence-electron chi connectivity index (χ3n) is 9.29. The molecule has 4 aliphatic heterocycles. The molecule has 15 heteroatoms. The van der Waals surface area contributed by atoms with Gasteiger partial charge < -0.3 is 19.7 Å². The van der Waals surface area contributed by atoms with Crippen LogP contribution < -0.4 is 5.32 Å². The van der Waals surface area contributed by atoms with Gasteiger partial charge in [-0.2, -0.15) is 13.2 Å². The van der Waals surface area contributed by atoms with Crippen LogP contribution in [0.5, 0.6) is 0 Å². The molecule has 3 fully saturated rings. The summed E-state index contributed by atoms with van der Waals surface area (Å²) in [6.07, 6.45) is -1.19. The number of sulfone groups is 1. The summed E-state index contributed by atoms with van der Waals surface area (Å²) in [5.41, 5.74) is 2.71. The van der Waals surface area contributed by atoms with Crippen LogP contribution in [-0.4, -0.2) is 91.4 Å². The number of halogens is 3. The second-order valence-corrected chi connectivity index (χ2v) is 15.4. The highest BCUT2D eigenvalue weighted by molar-refractivity contribution is 7.91. The van der Waals surface area contributed by atoms with Crippen molar-refractivity contribution in [1.29, 1.82) is 0 Å². The fourth-order valence-corrected chi connectivity index (χ4v) is 9.29. The predicted molar refractivity (Wildman–Crippen MR) is 158 cm³/mol. The van der Waals surface area contributed by atoms with Gasteiger partial charge in [0.15, 0.2) is 9.84 Å². The van der Waals surface area contributed by atoms with E-state index >= 15 is 0 Å². The number of anilines is 2. The van der Waals surface area contributed by atoms with Gasteiger partial charge in [-0.25, -0.2) is 18.4 Å². The zero-order chi connectivity index (χ0) is 31.1. The fraction of sp³-hybridized carbons (Fsp3) is 0.500. The molecule has 45 heavy (non-hydrogen) atoms. The van der Waals surface area contributed by atoms with Crippen molar-refractivity contribution >= 4 is 38.7 Å². The lowest BCUT2D eigenvalue weighted by atomic mass is 9.93. The zero-order valence-electron chi connectivity index (χ0n) is 24.1. The molecule has 2 saturated heterocycles. The number of hydrogen-bond acceptors (Lipinski definition) is 10. The molecule has 238 valence electrons. The highest BCUT2D eigenvalue weighted by atomic mass is 32.2. The van der Waals surface area contributed by atoms with Crippen molar-refractivity contribution in [1.82, 2.24) is 19.8 Å². The normalized spacial score (nSPS) is 22.3. The van der Waals surface area contributed by atoms with Crippen LogP contribution in [0.15, 0.2) is 29.3 Å². The fourth-order valence-electron chi connectivity index (χ4n) is 6.38. The summed E-state index contributed by atoms with van der Waals surface area (Å²) in [4.78, 5) is 25.2. The van der Waals surface area contributed by atoms with E-state index in [1.807, 2.05) is 0 Å². The monoisotopic (exact) mass is 661 g/mol. The molecule has 2 aromatic heterocycles. The minimum absolute atomic E-state index is 0.00155. The molecule has 5 aliphatic rings. The molecule has 10 nitrogen and oxygen atoms in total. The van der Waals surface area contributed by atoms with Crippen molar-refractivity contribution in [2.24, 2.45) is 0 Å². The van der Waals surface area contributed by atoms with E-state index in [0.29, 0.717) is 23.3 Å². The molecule has 1 aromatic carbocycles. The van der Waals surface area contributed by atoms with E-state index in [2.05, 4.69) is 32.3 Å². The van der Waals surface area contributed by atoms with Gasteiger partial charge >= 0.3 is 6.18 Å². The summed E-state index contributed by atoms with van der Waals surface area (Å²) >= 11 is 0.716. The number of carbonyl (C=O) groups excluding carboxylic acids is 1. The summed E-state index contributed by atoms with van der Waals surface area (Å²) in [6, 6.07) is 5.60. The van der Waals surface area contributed by atoms with Crippen LogP contribution in [0.4, 0.5) is 24.8 Å². The summed E-state index contributed by atoms with van der Waals surface area (Å²) < 4.78 is 79.7. The molecule has 1 saturated carbocycles. The Kier molecular flexibility index (Phi) is 6.98. The van der Waals surface area contributed by atoms with E-state index < -0.39 is 33.2 Å². The van der Waals surface area contributed by atoms with E-state index in [1.54, 1.807) is 0 Å². The number of fused-ring (bicyclic) bond motifs is 2. The van der Waals surface area contributed by atoms with Crippen LogP contribution in [0.3, 0.4) is 0 Å². The van der Waals surface area contributed by atoms with E-state index in [1.165, 1.54) is 16.0 Å². The molecule has 6 heterocycles. The van der Waals surface area contributed by atoms with Crippen molar-refractivity contribution < 1.29 is 35.9 Å². The standard InChI is InChI=1S/C30H30F3N5O5S2/c31-30(32,33)22-10-34-29(35-23-8-17-3-4-37(19-12-42-13-19)11-18(17)7-21(23)16-1-2-16)36-26(22)24-9-25-27(44-24)28(39)38(20-14-43-15-20)5-6-45(25,40)41/h7-10,16,19-20H,1-6,11-15H2,(H,34,35,36). The highest BCUT2D eigenvalue weighted by Gasteiger charge is 2.41. The number of alkyl halides is 3. The second-order valence-electron chi connectivity index (χ2n) is 12.3. The molecule has 0 spiro atoms. The quantitative estimate of drug-likeness (QED) is 0.415. The van der Waals surface area contributed by atoms with Crippen LogP contribution in [0.1, 0.15) is 50.7 Å². The number of aromatic nitrogens is 2. The summed E-state index contributed by atoms with van der Waals surface area (Å²) in [5.74, 6) is -0.532. The average Bonchev–Trinajstić information content (AvgIpc) is 3.69. The van der Waals surface area contributed by atoms with Gasteiger partial charge in [-0.05, 0) is 54.0 Å². The largest absolute Gasteiger partial charge is 0.420 e. The lowest BCUT2D eigenvalue weighted by Gasteiger charge is -2.40. The molecule has 3 aromatic rings. The first-order valence-electron chi connectivity index (χ1n) is 15.0. The maximum Gasteiger partial charge on any atom is 0.420 e. The third-order valence-corrected chi connectivity index (χ3v) is 12.3. The topological polar surface area (TPSA) is 114 Å². The van der Waals surface area contributed by atoms with Crippen LogP contribution in [0.2, 0.25) is 0 Å². The number of amides is 1. The summed E-state index contributed by atoms with van der Waals surface area (Å²) in [7, 11) is -3.92. The van der Waals surface area contributed by atoms with Crippen molar-refractivity contribution in [2.75, 3.05) is 50.6 Å². The Labute approximate surface area is 261 Å². The van der Waals surface area contributed by atoms with E-state index in [-0.39, 0.29) is 52.2 Å². The second kappa shape index (κ2) is 10.7. The Morgan fingerprint density at radius 3 is 2.42 bits per heavy atom. The maximum atomic E-state index is 14.3. The summed E-state index contributed by atoms with van der Waals surface area (Å²) in [5, 5.41) is 3.20. The summed E-state index contributed by atoms with van der Waals surface area (Å²) in [6.45, 7) is 3.81. The number of ether oxygens (including phenoxy) is 2. The van der Waals surface area contributed by atoms with Gasteiger partial charge in [0.1, 0.15) is 10.4 Å². The molecule has 8 rings (SSSR count). The number of nitrogens with zero attached hydrogens (tertiary/aromatic N) is 4. The van der Waals surface area contributed by atoms with Gasteiger partial charge in [0.2, 0.25) is 5.95 Å². The van der Waals surface area contributed by atoms with E-state index in [9.17, 15) is 26.4 Å². The molecule has 0 bridgehead atoms. The van der Waals surface area contributed by atoms with Crippen LogP contribution in [-0.2, 0) is 38.5 Å². The van der Waals surface area contributed by atoms with Crippen LogP contribution >= 0.6 is 11.3 Å². The lowest BCUT2D eigenvalue weighted by Crippen LogP contribution is -2.52. The minimum atomic E-state index is -4.81. The van der Waals surface area contributed by atoms with Crippen molar-refractivity contribution in [2.45, 2.75) is 54.9 Å². The molecule has 1 N–H and O–H groups in total. The van der Waals surface area contributed by atoms with Gasteiger partial charge in [-0.15, -0.1) is 11.3 Å². The molecular formula is C30H30F3N5O5S2. The predicted octanol–water partition coefficient (Wildman–Crippen LogP) is 4.23. The Bertz CT molecular complexity index is 1800. The Morgan fingerprint density at radius 1 is 1.00 bits per heavy atom. The van der Waals surface area contributed by atoms with Crippen molar-refractivity contribution in [3.05, 3.63) is 51.5 Å². The number of benzene rings is 1. The number of nitrogens with one attached hydrogen (secondary N) is 1. The zero-order valence-corrected chi connectivity index (χ0v) is 25.7. The highest BCUT2D eigenvalue weighted by Crippen LogP contribution is 2.46. The molecule has 1 aliphatic carbocycles. The van der Waals surface area contributed by atoms with Gasteiger partial charge in [0, 0.05) is 31.5 Å². The van der Waals surface area contributed by atoms with Crippen molar-refractivity contribution in [3.63, 3.8) is 0 Å². The van der Waals surface area contributed by atoms with Crippen LogP contribution in [0, 0.1) is 0 Å². The number of hydrogen-bond donors (Lipinski definition) is 1. The van der Waals surface area contributed by atoms with Gasteiger partial charge in [0.25, 0.3) is 5.91 Å². The molecule has 0 radical (unpaired) electrons. The Morgan fingerprint density at radius 2 is 1.76 bits per heavy atom. The average molecular weight is 662 g/mol. The number of rotatable bonds is 6. The first-order valence-corrected chi connectivity index (χ1v) is 17.5.